The molecule has 0 spiro atoms. The Hall–Kier alpha value is -2.36. The third-order valence-electron chi connectivity index (χ3n) is 4.86. The van der Waals surface area contributed by atoms with E-state index in [0.717, 1.165) is 25.0 Å². The number of nitriles is 1. The summed E-state index contributed by atoms with van der Waals surface area (Å²) in [6.45, 7) is 3.83. The van der Waals surface area contributed by atoms with Crippen molar-refractivity contribution in [1.29, 1.82) is 5.26 Å². The van der Waals surface area contributed by atoms with Gasteiger partial charge >= 0.3 is 0 Å². The number of amides is 1. The van der Waals surface area contributed by atoms with Crippen LogP contribution in [-0.2, 0) is 11.3 Å². The molecule has 0 aliphatic carbocycles. The highest BCUT2D eigenvalue weighted by Crippen LogP contribution is 2.25. The summed E-state index contributed by atoms with van der Waals surface area (Å²) in [5.41, 5.74) is 1.36. The summed E-state index contributed by atoms with van der Waals surface area (Å²) in [6.07, 6.45) is 2.66. The quantitative estimate of drug-likeness (QED) is 0.749. The van der Waals surface area contributed by atoms with Gasteiger partial charge in [0.15, 0.2) is 0 Å². The molecule has 0 bridgehead atoms. The van der Waals surface area contributed by atoms with Crippen LogP contribution >= 0.6 is 0 Å². The first-order valence-electron chi connectivity index (χ1n) is 8.75. The summed E-state index contributed by atoms with van der Waals surface area (Å²) in [5.74, 6) is -0.447. The lowest BCUT2D eigenvalue weighted by Gasteiger charge is -2.24. The number of nitrogens with zero attached hydrogens (tertiary/aromatic N) is 2. The van der Waals surface area contributed by atoms with Crippen LogP contribution in [0.3, 0.4) is 0 Å². The largest absolute Gasteiger partial charge is 0.383 e. The number of aliphatic hydroxyl groups excluding tert-OH is 1. The molecule has 3 rings (SSSR count). The monoisotopic (exact) mass is 340 g/mol. The Morgan fingerprint density at radius 1 is 1.52 bits per heavy atom. The zero-order valence-corrected chi connectivity index (χ0v) is 14.5. The Balaban J connectivity index is 1.67. The van der Waals surface area contributed by atoms with Gasteiger partial charge in [-0.05, 0) is 24.5 Å². The van der Waals surface area contributed by atoms with Crippen molar-refractivity contribution in [3.8, 4) is 6.07 Å². The summed E-state index contributed by atoms with van der Waals surface area (Å²) < 4.78 is 0. The minimum absolute atomic E-state index is 0.409. The number of benzene rings is 1. The molecular weight excluding hydrogens is 316 g/mol. The number of likely N-dealkylation sites (tertiary alicyclic amines) is 1. The van der Waals surface area contributed by atoms with Gasteiger partial charge in [0.05, 0.1) is 6.07 Å². The maximum Gasteiger partial charge on any atom is 0.250 e. The third kappa shape index (κ3) is 3.68. The van der Waals surface area contributed by atoms with Crippen molar-refractivity contribution in [3.05, 3.63) is 36.0 Å². The van der Waals surface area contributed by atoms with Crippen molar-refractivity contribution < 1.29 is 9.90 Å². The summed E-state index contributed by atoms with van der Waals surface area (Å²) >= 11 is 0. The highest BCUT2D eigenvalue weighted by Gasteiger charge is 2.40. The lowest BCUT2D eigenvalue weighted by atomic mass is 10.00. The first-order valence-corrected chi connectivity index (χ1v) is 8.75. The molecule has 25 heavy (non-hydrogen) atoms. The van der Waals surface area contributed by atoms with E-state index >= 15 is 0 Å². The smallest absolute Gasteiger partial charge is 0.250 e. The predicted molar refractivity (Wildman–Crippen MR) is 95.6 cm³/mol. The Kier molecular flexibility index (Phi) is 5.07. The van der Waals surface area contributed by atoms with Crippen molar-refractivity contribution in [2.24, 2.45) is 0 Å². The molecular formula is C19H24N4O2. The maximum atomic E-state index is 12.1. The number of fused-ring (bicyclic) bond motifs is 1. The highest BCUT2D eigenvalue weighted by molar-refractivity contribution is 5.83. The zero-order valence-electron chi connectivity index (χ0n) is 14.5. The number of carbonyl (C=O) groups excluding carboxylic acids is 1. The highest BCUT2D eigenvalue weighted by atomic mass is 16.3. The molecule has 3 N–H and O–H groups in total. The van der Waals surface area contributed by atoms with Crippen LogP contribution in [0.25, 0.3) is 10.9 Å². The van der Waals surface area contributed by atoms with E-state index in [-0.39, 0.29) is 0 Å². The van der Waals surface area contributed by atoms with Gasteiger partial charge in [-0.1, -0.05) is 31.5 Å². The zero-order chi connectivity index (χ0) is 17.9. The van der Waals surface area contributed by atoms with Gasteiger partial charge in [0.1, 0.15) is 11.6 Å². The average molecular weight is 340 g/mol. The number of rotatable bonds is 6. The number of para-hydroxylation sites is 1. The molecule has 132 valence electrons. The van der Waals surface area contributed by atoms with Crippen molar-refractivity contribution in [2.75, 3.05) is 13.1 Å². The summed E-state index contributed by atoms with van der Waals surface area (Å²) in [4.78, 5) is 17.6. The molecule has 1 aliphatic rings. The molecule has 2 aromatic rings. The van der Waals surface area contributed by atoms with Crippen molar-refractivity contribution in [1.82, 2.24) is 15.2 Å². The number of aromatic amines is 1. The second-order valence-electron chi connectivity index (χ2n) is 6.81. The molecule has 1 fully saturated rings. The van der Waals surface area contributed by atoms with Crippen LogP contribution in [-0.4, -0.2) is 45.6 Å². The molecule has 1 aromatic heterocycles. The van der Waals surface area contributed by atoms with E-state index in [1.165, 1.54) is 10.9 Å². The van der Waals surface area contributed by atoms with Crippen molar-refractivity contribution in [3.63, 3.8) is 0 Å². The van der Waals surface area contributed by atoms with Gasteiger partial charge in [-0.25, -0.2) is 0 Å². The van der Waals surface area contributed by atoms with Crippen LogP contribution in [0.15, 0.2) is 30.5 Å². The van der Waals surface area contributed by atoms with Crippen LogP contribution in [0, 0.1) is 11.3 Å². The normalized spacial score (nSPS) is 22.0. The van der Waals surface area contributed by atoms with Crippen molar-refractivity contribution >= 4 is 16.8 Å². The molecule has 1 amide bonds. The van der Waals surface area contributed by atoms with Crippen LogP contribution in [0.1, 0.15) is 31.7 Å². The summed E-state index contributed by atoms with van der Waals surface area (Å²) in [6, 6.07) is 10.4. The van der Waals surface area contributed by atoms with Gasteiger partial charge < -0.3 is 15.4 Å². The minimum Gasteiger partial charge on any atom is -0.383 e. The molecule has 0 radical (unpaired) electrons. The molecule has 2 unspecified atom stereocenters. The number of aliphatic hydroxyl groups is 1. The number of aromatic nitrogens is 1. The average Bonchev–Trinajstić information content (AvgIpc) is 3.21. The fraction of sp³-hybridized carbons (Fsp3) is 0.474. The fourth-order valence-electron chi connectivity index (χ4n) is 3.47. The second kappa shape index (κ2) is 7.26. The number of hydrogen-bond donors (Lipinski definition) is 3. The number of carbonyl (C=O) groups is 1. The lowest BCUT2D eigenvalue weighted by molar-refractivity contribution is -0.131. The van der Waals surface area contributed by atoms with Gasteiger partial charge in [-0.3, -0.25) is 9.69 Å². The Labute approximate surface area is 147 Å². The van der Waals surface area contributed by atoms with E-state index in [1.807, 2.05) is 31.3 Å². The lowest BCUT2D eigenvalue weighted by Crippen LogP contribution is -2.52. The van der Waals surface area contributed by atoms with E-state index in [9.17, 15) is 15.2 Å². The summed E-state index contributed by atoms with van der Waals surface area (Å²) in [5, 5.41) is 23.4. The molecule has 0 saturated carbocycles. The topological polar surface area (TPSA) is 92.2 Å². The van der Waals surface area contributed by atoms with Crippen LogP contribution in [0.5, 0.6) is 0 Å². The van der Waals surface area contributed by atoms with Gasteiger partial charge in [-0.15, -0.1) is 0 Å². The summed E-state index contributed by atoms with van der Waals surface area (Å²) in [7, 11) is 0. The molecule has 2 atom stereocenters. The molecule has 1 aromatic carbocycles. The van der Waals surface area contributed by atoms with Gasteiger partial charge in [0.25, 0.3) is 0 Å². The second-order valence-corrected chi connectivity index (χ2v) is 6.81. The van der Waals surface area contributed by atoms with Crippen LogP contribution in [0.4, 0.5) is 0 Å². The number of nitrogens with one attached hydrogen (secondary N) is 2. The van der Waals surface area contributed by atoms with Gasteiger partial charge in [0, 0.05) is 36.7 Å². The van der Waals surface area contributed by atoms with Crippen LogP contribution in [0.2, 0.25) is 0 Å². The molecule has 2 heterocycles. The van der Waals surface area contributed by atoms with Crippen molar-refractivity contribution in [2.45, 2.75) is 44.4 Å². The van der Waals surface area contributed by atoms with Crippen LogP contribution < -0.4 is 5.32 Å². The SMILES string of the molecule is CCCC(O)C(=O)NC1(C#N)CCN(Cc2c[nH]c3ccccc23)C1. The first kappa shape index (κ1) is 17.5. The number of hydrogen-bond acceptors (Lipinski definition) is 4. The molecule has 1 saturated heterocycles. The fourth-order valence-corrected chi connectivity index (χ4v) is 3.47. The molecule has 1 aliphatic heterocycles. The van der Waals surface area contributed by atoms with E-state index in [1.54, 1.807) is 0 Å². The maximum absolute atomic E-state index is 12.1. The first-order chi connectivity index (χ1) is 12.1. The van der Waals surface area contributed by atoms with E-state index in [2.05, 4.69) is 27.3 Å². The minimum atomic E-state index is -1.04. The standard InChI is InChI=1S/C19H24N4O2/c1-2-5-17(24)18(25)22-19(12-20)8-9-23(13-19)11-14-10-21-16-7-4-3-6-15(14)16/h3-4,6-7,10,17,21,24H,2,5,8-9,11,13H2,1H3,(H,22,25). The van der Waals surface area contributed by atoms with Gasteiger partial charge in [0.2, 0.25) is 5.91 Å². The van der Waals surface area contributed by atoms with E-state index < -0.39 is 17.6 Å². The Morgan fingerprint density at radius 2 is 2.32 bits per heavy atom. The Morgan fingerprint density at radius 3 is 3.08 bits per heavy atom. The molecule has 6 heteroatoms. The predicted octanol–water partition coefficient (Wildman–Crippen LogP) is 1.91. The molecule has 6 nitrogen and oxygen atoms in total. The van der Waals surface area contributed by atoms with E-state index in [4.69, 9.17) is 0 Å². The number of H-pyrrole nitrogens is 1. The third-order valence-corrected chi connectivity index (χ3v) is 4.86. The van der Waals surface area contributed by atoms with Gasteiger partial charge in [-0.2, -0.15) is 5.26 Å². The van der Waals surface area contributed by atoms with E-state index in [0.29, 0.717) is 19.4 Å². The Bertz CT molecular complexity index is 794.